The third kappa shape index (κ3) is 44.6. The number of hydrogen-bond donors (Lipinski definition) is 5. The van der Waals surface area contributed by atoms with Crippen LogP contribution in [0.5, 0.6) is 0 Å². The average molecular weight is 910 g/mol. The van der Waals surface area contributed by atoms with Crippen molar-refractivity contribution in [1.82, 2.24) is 5.32 Å². The molecule has 0 bridgehead atoms. The third-order valence-electron chi connectivity index (χ3n) is 7.26. The van der Waals surface area contributed by atoms with Crippen molar-refractivity contribution < 1.29 is 67.5 Å². The van der Waals surface area contributed by atoms with E-state index in [2.05, 4.69) is 5.32 Å². The number of carbonyl (C=O) groups is 8. The lowest BCUT2D eigenvalue weighted by Gasteiger charge is -2.20. The molecule has 0 aliphatic heterocycles. The second kappa shape index (κ2) is 52.8. The molecule has 0 aliphatic carbocycles. The molecule has 0 fully saturated rings. The molecule has 0 aliphatic rings. The summed E-state index contributed by atoms with van der Waals surface area (Å²) in [6, 6.07) is -1.01. The predicted octanol–water partition coefficient (Wildman–Crippen LogP) is 5.54. The maximum Gasteiger partial charge on any atom is 0.305 e. The molecule has 0 aromatic heterocycles. The molecule has 61 heavy (non-hydrogen) atoms. The van der Waals surface area contributed by atoms with Crippen molar-refractivity contribution in [3.63, 3.8) is 0 Å². The van der Waals surface area contributed by atoms with Crippen LogP contribution in [0.4, 0.5) is 0 Å². The topological polar surface area (TPSA) is 278 Å². The second-order valence-corrected chi connectivity index (χ2v) is 12.7. The lowest BCUT2D eigenvalue weighted by molar-refractivity contribution is -0.157. The lowest BCUT2D eigenvalue weighted by Crippen LogP contribution is -2.37. The Kier molecular flexibility index (Phi) is 73.7. The van der Waals surface area contributed by atoms with Crippen molar-refractivity contribution in [2.24, 2.45) is 23.3 Å². The second-order valence-electron chi connectivity index (χ2n) is 11.6. The summed E-state index contributed by atoms with van der Waals surface area (Å²) in [5.74, 6) is -5.39. The quantitative estimate of drug-likeness (QED) is 0.0399. The highest BCUT2D eigenvalue weighted by Gasteiger charge is 2.29. The summed E-state index contributed by atoms with van der Waals surface area (Å²) in [6.07, 6.45) is -0.830. The fourth-order valence-corrected chi connectivity index (χ4v) is 5.17. The van der Waals surface area contributed by atoms with Gasteiger partial charge in [-0.2, -0.15) is 11.8 Å². The van der Waals surface area contributed by atoms with E-state index in [1.54, 1.807) is 13.8 Å². The van der Waals surface area contributed by atoms with Gasteiger partial charge in [0.2, 0.25) is 11.8 Å². The van der Waals surface area contributed by atoms with Gasteiger partial charge in [-0.3, -0.25) is 38.4 Å². The van der Waals surface area contributed by atoms with Gasteiger partial charge in [0, 0.05) is 87.9 Å². The highest BCUT2D eigenvalue weighted by molar-refractivity contribution is 7.99. The van der Waals surface area contributed by atoms with Crippen LogP contribution in [-0.4, -0.2) is 134 Å². The van der Waals surface area contributed by atoms with E-state index < -0.39 is 78.3 Å². The molecule has 0 aromatic rings. The number of primary amides is 1. The van der Waals surface area contributed by atoms with Crippen LogP contribution in [0.1, 0.15) is 146 Å². The van der Waals surface area contributed by atoms with Gasteiger partial charge in [0.25, 0.3) is 0 Å². The Morgan fingerprint density at radius 2 is 1.18 bits per heavy atom. The Labute approximate surface area is 376 Å². The number of amides is 2. The van der Waals surface area contributed by atoms with E-state index in [1.165, 1.54) is 11.8 Å². The summed E-state index contributed by atoms with van der Waals surface area (Å²) >= 11 is 1.20. The van der Waals surface area contributed by atoms with Gasteiger partial charge in [0.1, 0.15) is 36.7 Å². The molecule has 0 saturated carbocycles. The normalized spacial score (nSPS) is 11.2. The molecule has 0 spiro atoms. The molecule has 0 saturated heterocycles. The molecular weight excluding hydrogens is 815 g/mol. The third-order valence-corrected chi connectivity index (χ3v) is 8.46. The smallest absolute Gasteiger partial charge is 0.305 e. The Hall–Kier alpha value is -3.29. The zero-order valence-electron chi connectivity index (χ0n) is 29.6. The number of nitrogens with one attached hydrogen (secondary N) is 1. The van der Waals surface area contributed by atoms with Crippen molar-refractivity contribution in [3.8, 4) is 0 Å². The molecule has 2 amide bonds. The first-order chi connectivity index (χ1) is 24.3. The largest absolute Gasteiger partial charge is 0.462 e. The minimum Gasteiger partial charge on any atom is -0.462 e. The van der Waals surface area contributed by atoms with E-state index in [1.807, 2.05) is 0 Å². The molecule has 4 unspecified atom stereocenters. The van der Waals surface area contributed by atoms with Gasteiger partial charge in [0.15, 0.2) is 5.78 Å². The molecule has 0 heterocycles. The van der Waals surface area contributed by atoms with Gasteiger partial charge >= 0.3 is 11.9 Å². The SMILES string of the molecule is C.C.C.C.C.C.C.C.C.C.CCC(=O)OCC(CSCC(N)C(=O)CC(CO)C(=O)CC(CO)C(=O)CCCOCC(=O)NCCOCCC(=O)CCC(N)=O)OC(=O)CC. The number of ketones is 4. The summed E-state index contributed by atoms with van der Waals surface area (Å²) in [7, 11) is 0. The molecule has 0 aromatic carbocycles. The minimum absolute atomic E-state index is 0. The Morgan fingerprint density at radius 3 is 1.70 bits per heavy atom. The average Bonchev–Trinajstić information content (AvgIpc) is 3.11. The number of esters is 2. The van der Waals surface area contributed by atoms with E-state index >= 15 is 0 Å². The van der Waals surface area contributed by atoms with Crippen molar-refractivity contribution in [1.29, 1.82) is 0 Å². The molecule has 0 radical (unpaired) electrons. The number of carbonyl (C=O) groups excluding carboxylic acids is 8. The van der Waals surface area contributed by atoms with Crippen LogP contribution in [0.2, 0.25) is 0 Å². The first-order valence-corrected chi connectivity index (χ1v) is 18.1. The number of ether oxygens (including phenoxy) is 4. The highest BCUT2D eigenvalue weighted by atomic mass is 32.2. The van der Waals surface area contributed by atoms with E-state index in [-0.39, 0.29) is 189 Å². The summed E-state index contributed by atoms with van der Waals surface area (Å²) in [6.45, 7) is 2.13. The van der Waals surface area contributed by atoms with E-state index in [0.29, 0.717) is 0 Å². The van der Waals surface area contributed by atoms with Gasteiger partial charge in [-0.15, -0.1) is 0 Å². The van der Waals surface area contributed by atoms with Crippen LogP contribution >= 0.6 is 11.8 Å². The number of aliphatic hydroxyl groups is 2. The Bertz CT molecular complexity index is 1130. The number of thioether (sulfide) groups is 1. The van der Waals surface area contributed by atoms with Crippen LogP contribution in [0, 0.1) is 11.8 Å². The lowest BCUT2D eigenvalue weighted by atomic mass is 9.88. The van der Waals surface area contributed by atoms with Gasteiger partial charge in [-0.1, -0.05) is 88.1 Å². The van der Waals surface area contributed by atoms with Crippen LogP contribution in [-0.2, 0) is 57.3 Å². The number of Topliss-reactive ketones (excluding diaryl/α,β-unsaturated/α-hetero) is 4. The molecule has 4 atom stereocenters. The number of hydrogen-bond acceptors (Lipinski definition) is 16. The van der Waals surface area contributed by atoms with E-state index in [9.17, 15) is 48.6 Å². The fraction of sp³-hybridized carbons (Fsp3) is 0.814. The molecule has 372 valence electrons. The Morgan fingerprint density at radius 1 is 0.639 bits per heavy atom. The maximum absolute atomic E-state index is 12.8. The monoisotopic (exact) mass is 910 g/mol. The zero-order valence-corrected chi connectivity index (χ0v) is 30.4. The molecule has 0 rings (SSSR count). The first-order valence-electron chi connectivity index (χ1n) is 17.0. The van der Waals surface area contributed by atoms with Crippen LogP contribution in [0.25, 0.3) is 0 Å². The summed E-state index contributed by atoms with van der Waals surface area (Å²) in [5.41, 5.74) is 11.0. The fourth-order valence-electron chi connectivity index (χ4n) is 4.16. The highest BCUT2D eigenvalue weighted by Crippen LogP contribution is 2.17. The van der Waals surface area contributed by atoms with Crippen molar-refractivity contribution in [2.75, 3.05) is 64.3 Å². The summed E-state index contributed by atoms with van der Waals surface area (Å²) < 4.78 is 20.8. The van der Waals surface area contributed by atoms with Crippen molar-refractivity contribution in [2.45, 2.75) is 158 Å². The standard InChI is InChI=1S/C33H55N3O14S.10CH4/c1-3-32(45)49-18-25(50-33(46)4-2)20-51-21-26(34)29(42)15-23(17-38)28(41)14-22(16-37)27(40)6-5-11-48-19-31(44)36-10-13-47-12-9-24(39)7-8-30(35)43;;;;;;;;;;/h22-23,25-26,37-38H,3-21,34H2,1-2H3,(H2,35,43)(H,36,44);10*1H4. The number of nitrogens with two attached hydrogens (primary N) is 2. The minimum atomic E-state index is -1.12. The molecule has 7 N–H and O–H groups in total. The number of rotatable bonds is 33. The van der Waals surface area contributed by atoms with Gasteiger partial charge in [0.05, 0.1) is 32.5 Å². The zero-order chi connectivity index (χ0) is 38.6. The van der Waals surface area contributed by atoms with Gasteiger partial charge in [-0.25, -0.2) is 0 Å². The van der Waals surface area contributed by atoms with Crippen molar-refractivity contribution in [3.05, 3.63) is 0 Å². The van der Waals surface area contributed by atoms with Crippen LogP contribution in [0.15, 0.2) is 0 Å². The molecule has 17 nitrogen and oxygen atoms in total. The van der Waals surface area contributed by atoms with Crippen molar-refractivity contribution >= 4 is 58.6 Å². The van der Waals surface area contributed by atoms with E-state index in [0.717, 1.165) is 0 Å². The van der Waals surface area contributed by atoms with Crippen LogP contribution < -0.4 is 16.8 Å². The summed E-state index contributed by atoms with van der Waals surface area (Å²) in [5, 5.41) is 22.1. The summed E-state index contributed by atoms with van der Waals surface area (Å²) in [4.78, 5) is 95.5. The molecule has 18 heteroatoms. The predicted molar refractivity (Wildman–Crippen MR) is 251 cm³/mol. The van der Waals surface area contributed by atoms with E-state index in [4.69, 9.17) is 30.4 Å². The maximum atomic E-state index is 12.8. The van der Waals surface area contributed by atoms with Crippen LogP contribution in [0.3, 0.4) is 0 Å². The first kappa shape index (κ1) is 85.1. The van der Waals surface area contributed by atoms with Gasteiger partial charge in [-0.05, 0) is 6.42 Å². The molecular formula is C43H95N3O14S. The van der Waals surface area contributed by atoms with Gasteiger partial charge < -0.3 is 45.9 Å². The Balaban J connectivity index is -0.000000278. The number of aliphatic hydroxyl groups excluding tert-OH is 2.